The SMILES string of the molecule is CC(C)Cc1cc(C(=O)NC2CCOc3cccnc32)ccc1C(=O)O. The summed E-state index contributed by atoms with van der Waals surface area (Å²) in [6, 6.07) is 8.15. The van der Waals surface area contributed by atoms with Crippen LogP contribution in [0, 0.1) is 5.92 Å². The van der Waals surface area contributed by atoms with Crippen LogP contribution in [0.5, 0.6) is 5.75 Å². The van der Waals surface area contributed by atoms with Gasteiger partial charge in [-0.05, 0) is 48.2 Å². The summed E-state index contributed by atoms with van der Waals surface area (Å²) < 4.78 is 5.57. The molecule has 1 aromatic carbocycles. The number of hydrogen-bond acceptors (Lipinski definition) is 4. The Morgan fingerprint density at radius 3 is 2.88 bits per heavy atom. The van der Waals surface area contributed by atoms with Gasteiger partial charge in [-0.3, -0.25) is 9.78 Å². The summed E-state index contributed by atoms with van der Waals surface area (Å²) in [5.41, 5.74) is 2.09. The number of carbonyl (C=O) groups excluding carboxylic acids is 1. The number of rotatable bonds is 5. The molecule has 0 radical (unpaired) electrons. The van der Waals surface area contributed by atoms with Gasteiger partial charge in [-0.15, -0.1) is 0 Å². The lowest BCUT2D eigenvalue weighted by Gasteiger charge is -2.25. The number of nitrogens with one attached hydrogen (secondary N) is 1. The second-order valence-corrected chi connectivity index (χ2v) is 6.83. The van der Waals surface area contributed by atoms with Crippen LogP contribution in [-0.4, -0.2) is 28.6 Å². The van der Waals surface area contributed by atoms with Crippen molar-refractivity contribution in [2.45, 2.75) is 32.7 Å². The molecule has 0 saturated heterocycles. The first-order valence-electron chi connectivity index (χ1n) is 8.70. The van der Waals surface area contributed by atoms with E-state index >= 15 is 0 Å². The molecule has 1 aromatic heterocycles. The van der Waals surface area contributed by atoms with Gasteiger partial charge >= 0.3 is 5.97 Å². The van der Waals surface area contributed by atoms with Crippen LogP contribution in [0.2, 0.25) is 0 Å². The van der Waals surface area contributed by atoms with Crippen molar-refractivity contribution in [2.75, 3.05) is 6.61 Å². The minimum atomic E-state index is -0.977. The number of aromatic nitrogens is 1. The van der Waals surface area contributed by atoms with Crippen molar-refractivity contribution in [1.82, 2.24) is 10.3 Å². The fourth-order valence-corrected chi connectivity index (χ4v) is 3.14. The van der Waals surface area contributed by atoms with E-state index in [2.05, 4.69) is 10.3 Å². The summed E-state index contributed by atoms with van der Waals surface area (Å²) in [5.74, 6) is -0.241. The van der Waals surface area contributed by atoms with E-state index in [9.17, 15) is 14.7 Å². The topological polar surface area (TPSA) is 88.5 Å². The molecule has 6 heteroatoms. The van der Waals surface area contributed by atoms with Gasteiger partial charge in [0.15, 0.2) is 0 Å². The molecule has 1 atom stereocenters. The molecule has 0 aliphatic carbocycles. The minimum Gasteiger partial charge on any atom is -0.491 e. The maximum atomic E-state index is 12.7. The molecule has 0 bridgehead atoms. The van der Waals surface area contributed by atoms with Crippen LogP contribution >= 0.6 is 0 Å². The summed E-state index contributed by atoms with van der Waals surface area (Å²) in [5, 5.41) is 12.3. The molecular formula is C20H22N2O4. The molecule has 0 spiro atoms. The third-order valence-corrected chi connectivity index (χ3v) is 4.33. The molecule has 2 aromatic rings. The molecule has 0 saturated carbocycles. The first-order valence-corrected chi connectivity index (χ1v) is 8.70. The summed E-state index contributed by atoms with van der Waals surface area (Å²) in [7, 11) is 0. The van der Waals surface area contributed by atoms with Crippen molar-refractivity contribution in [3.8, 4) is 5.75 Å². The van der Waals surface area contributed by atoms with E-state index in [1.165, 1.54) is 6.07 Å². The van der Waals surface area contributed by atoms with Crippen LogP contribution in [-0.2, 0) is 6.42 Å². The van der Waals surface area contributed by atoms with E-state index in [0.29, 0.717) is 36.3 Å². The van der Waals surface area contributed by atoms with Crippen LogP contribution < -0.4 is 10.1 Å². The Bertz CT molecular complexity index is 832. The Balaban J connectivity index is 1.83. The zero-order chi connectivity index (χ0) is 18.7. The van der Waals surface area contributed by atoms with Crippen LogP contribution in [0.3, 0.4) is 0 Å². The summed E-state index contributed by atoms with van der Waals surface area (Å²) >= 11 is 0. The lowest BCUT2D eigenvalue weighted by Crippen LogP contribution is -2.33. The van der Waals surface area contributed by atoms with E-state index in [-0.39, 0.29) is 23.4 Å². The highest BCUT2D eigenvalue weighted by Gasteiger charge is 2.25. The van der Waals surface area contributed by atoms with E-state index in [1.807, 2.05) is 19.9 Å². The minimum absolute atomic E-state index is 0.222. The molecule has 2 N–H and O–H groups in total. The first kappa shape index (κ1) is 17.9. The largest absolute Gasteiger partial charge is 0.491 e. The van der Waals surface area contributed by atoms with Crippen molar-refractivity contribution in [2.24, 2.45) is 5.92 Å². The number of pyridine rings is 1. The Morgan fingerprint density at radius 1 is 1.35 bits per heavy atom. The molecule has 3 rings (SSSR count). The highest BCUT2D eigenvalue weighted by molar-refractivity contribution is 5.97. The fourth-order valence-electron chi connectivity index (χ4n) is 3.14. The van der Waals surface area contributed by atoms with Crippen molar-refractivity contribution in [3.05, 3.63) is 58.9 Å². The molecule has 2 heterocycles. The van der Waals surface area contributed by atoms with Crippen molar-refractivity contribution in [3.63, 3.8) is 0 Å². The molecule has 1 unspecified atom stereocenters. The first-order chi connectivity index (χ1) is 12.5. The predicted molar refractivity (Wildman–Crippen MR) is 96.5 cm³/mol. The monoisotopic (exact) mass is 354 g/mol. The van der Waals surface area contributed by atoms with Gasteiger partial charge in [-0.2, -0.15) is 0 Å². The third kappa shape index (κ3) is 3.85. The number of ether oxygens (including phenoxy) is 1. The Hall–Kier alpha value is -2.89. The zero-order valence-electron chi connectivity index (χ0n) is 14.9. The number of carboxylic acids is 1. The lowest BCUT2D eigenvalue weighted by atomic mass is 9.95. The van der Waals surface area contributed by atoms with Gasteiger partial charge in [-0.25, -0.2) is 4.79 Å². The number of aromatic carboxylic acids is 1. The quantitative estimate of drug-likeness (QED) is 0.860. The van der Waals surface area contributed by atoms with E-state index < -0.39 is 5.97 Å². The maximum absolute atomic E-state index is 12.7. The maximum Gasteiger partial charge on any atom is 0.335 e. The van der Waals surface area contributed by atoms with Gasteiger partial charge in [0.2, 0.25) is 0 Å². The van der Waals surface area contributed by atoms with Gasteiger partial charge in [0.05, 0.1) is 18.2 Å². The van der Waals surface area contributed by atoms with Crippen molar-refractivity contribution >= 4 is 11.9 Å². The number of carboxylic acid groups (broad SMARTS) is 1. The van der Waals surface area contributed by atoms with Gasteiger partial charge in [0.1, 0.15) is 11.4 Å². The van der Waals surface area contributed by atoms with Gasteiger partial charge in [-0.1, -0.05) is 13.8 Å². The molecule has 136 valence electrons. The number of amides is 1. The van der Waals surface area contributed by atoms with Crippen molar-refractivity contribution < 1.29 is 19.4 Å². The molecule has 1 aliphatic heterocycles. The van der Waals surface area contributed by atoms with Gasteiger partial charge in [0, 0.05) is 18.2 Å². The van der Waals surface area contributed by atoms with Gasteiger partial charge in [0.25, 0.3) is 5.91 Å². The van der Waals surface area contributed by atoms with Crippen LogP contribution in [0.1, 0.15) is 58.3 Å². The average Bonchev–Trinajstić information content (AvgIpc) is 2.61. The number of benzene rings is 1. The standard InChI is InChI=1S/C20H22N2O4/c1-12(2)10-14-11-13(5-6-15(14)20(24)25)19(23)22-16-7-9-26-17-4-3-8-21-18(16)17/h3-6,8,11-12,16H,7,9-10H2,1-2H3,(H,22,23)(H,24,25). The highest BCUT2D eigenvalue weighted by atomic mass is 16.5. The summed E-state index contributed by atoms with van der Waals surface area (Å²) in [6.45, 7) is 4.55. The van der Waals surface area contributed by atoms with Gasteiger partial charge < -0.3 is 15.2 Å². The normalized spacial score (nSPS) is 15.9. The van der Waals surface area contributed by atoms with Crippen LogP contribution in [0.25, 0.3) is 0 Å². The fraction of sp³-hybridized carbons (Fsp3) is 0.350. The molecule has 6 nitrogen and oxygen atoms in total. The predicted octanol–water partition coefficient (Wildman–Crippen LogP) is 3.23. The Morgan fingerprint density at radius 2 is 2.15 bits per heavy atom. The molecular weight excluding hydrogens is 332 g/mol. The Labute approximate surface area is 152 Å². The van der Waals surface area contributed by atoms with E-state index in [0.717, 1.165) is 5.69 Å². The van der Waals surface area contributed by atoms with Crippen LogP contribution in [0.4, 0.5) is 0 Å². The van der Waals surface area contributed by atoms with Crippen molar-refractivity contribution in [1.29, 1.82) is 0 Å². The number of carbonyl (C=O) groups is 2. The average molecular weight is 354 g/mol. The summed E-state index contributed by atoms with van der Waals surface area (Å²) in [6.07, 6.45) is 2.92. The zero-order valence-corrected chi connectivity index (χ0v) is 14.9. The Kier molecular flexibility index (Phi) is 5.21. The third-order valence-electron chi connectivity index (χ3n) is 4.33. The van der Waals surface area contributed by atoms with E-state index in [4.69, 9.17) is 4.74 Å². The number of hydrogen-bond donors (Lipinski definition) is 2. The van der Waals surface area contributed by atoms with Crippen LogP contribution in [0.15, 0.2) is 36.5 Å². The smallest absolute Gasteiger partial charge is 0.335 e. The molecule has 1 amide bonds. The number of fused-ring (bicyclic) bond motifs is 1. The van der Waals surface area contributed by atoms with E-state index in [1.54, 1.807) is 24.4 Å². The molecule has 1 aliphatic rings. The second-order valence-electron chi connectivity index (χ2n) is 6.83. The lowest BCUT2D eigenvalue weighted by molar-refractivity contribution is 0.0694. The molecule has 0 fully saturated rings. The number of nitrogens with zero attached hydrogens (tertiary/aromatic N) is 1. The molecule has 26 heavy (non-hydrogen) atoms. The second kappa shape index (κ2) is 7.56. The summed E-state index contributed by atoms with van der Waals surface area (Å²) in [4.78, 5) is 28.5. The highest BCUT2D eigenvalue weighted by Crippen LogP contribution is 2.30.